The maximum atomic E-state index is 10.4. The van der Waals surface area contributed by atoms with E-state index in [1.165, 1.54) is 19.3 Å². The molecule has 2 aliphatic carbocycles. The highest BCUT2D eigenvalue weighted by Crippen LogP contribution is 2.63. The SMILES string of the molecule is O=CC1(Cl)C2CCCC21. The minimum atomic E-state index is -0.405. The van der Waals surface area contributed by atoms with E-state index in [2.05, 4.69) is 0 Å². The number of carbonyl (C=O) groups is 1. The Bertz CT molecular complexity index is 145. The van der Waals surface area contributed by atoms with Crippen molar-refractivity contribution >= 4 is 17.9 Å². The zero-order valence-electron chi connectivity index (χ0n) is 5.14. The van der Waals surface area contributed by atoms with Gasteiger partial charge in [-0.05, 0) is 24.7 Å². The van der Waals surface area contributed by atoms with Gasteiger partial charge in [0.1, 0.15) is 11.2 Å². The molecule has 2 aliphatic rings. The zero-order valence-corrected chi connectivity index (χ0v) is 5.90. The Morgan fingerprint density at radius 3 is 2.33 bits per heavy atom. The third kappa shape index (κ3) is 0.536. The molecular formula is C7H9ClO. The first-order chi connectivity index (χ1) is 4.29. The summed E-state index contributed by atoms with van der Waals surface area (Å²) in [6, 6.07) is 0. The lowest BCUT2D eigenvalue weighted by atomic mass is 10.2. The molecule has 0 spiro atoms. The van der Waals surface area contributed by atoms with Gasteiger partial charge >= 0.3 is 0 Å². The second-order valence-corrected chi connectivity index (χ2v) is 3.74. The van der Waals surface area contributed by atoms with Gasteiger partial charge in [-0.15, -0.1) is 11.6 Å². The summed E-state index contributed by atoms with van der Waals surface area (Å²) in [6.07, 6.45) is 4.56. The predicted molar refractivity (Wildman–Crippen MR) is 35.5 cm³/mol. The number of carbonyl (C=O) groups excluding carboxylic acids is 1. The van der Waals surface area contributed by atoms with E-state index < -0.39 is 4.87 Å². The molecule has 2 atom stereocenters. The van der Waals surface area contributed by atoms with Gasteiger partial charge in [0.25, 0.3) is 0 Å². The van der Waals surface area contributed by atoms with Crippen LogP contribution in [0.4, 0.5) is 0 Å². The molecule has 2 saturated carbocycles. The minimum absolute atomic E-state index is 0.405. The molecule has 50 valence electrons. The number of alkyl halides is 1. The van der Waals surface area contributed by atoms with Crippen LogP contribution in [0.25, 0.3) is 0 Å². The molecule has 0 aromatic rings. The van der Waals surface area contributed by atoms with E-state index in [-0.39, 0.29) is 0 Å². The summed E-state index contributed by atoms with van der Waals surface area (Å²) in [5, 5.41) is 0. The van der Waals surface area contributed by atoms with Crippen molar-refractivity contribution < 1.29 is 4.79 Å². The number of fused-ring (bicyclic) bond motifs is 1. The van der Waals surface area contributed by atoms with Crippen molar-refractivity contribution in [2.24, 2.45) is 11.8 Å². The summed E-state index contributed by atoms with van der Waals surface area (Å²) in [7, 11) is 0. The van der Waals surface area contributed by atoms with Gasteiger partial charge in [0.15, 0.2) is 0 Å². The molecule has 2 unspecified atom stereocenters. The number of hydrogen-bond donors (Lipinski definition) is 0. The zero-order chi connectivity index (χ0) is 6.48. The molecule has 2 rings (SSSR count). The van der Waals surface area contributed by atoms with E-state index in [0.29, 0.717) is 11.8 Å². The molecule has 0 bridgehead atoms. The van der Waals surface area contributed by atoms with Crippen LogP contribution in [0, 0.1) is 11.8 Å². The number of rotatable bonds is 1. The number of aldehydes is 1. The Morgan fingerprint density at radius 1 is 1.44 bits per heavy atom. The Labute approximate surface area is 59.4 Å². The Balaban J connectivity index is 2.15. The van der Waals surface area contributed by atoms with Crippen LogP contribution in [0.5, 0.6) is 0 Å². The van der Waals surface area contributed by atoms with Crippen LogP contribution in [0.1, 0.15) is 19.3 Å². The summed E-state index contributed by atoms with van der Waals surface area (Å²) in [5.74, 6) is 1.08. The van der Waals surface area contributed by atoms with E-state index in [1.54, 1.807) is 0 Å². The van der Waals surface area contributed by atoms with Gasteiger partial charge in [-0.2, -0.15) is 0 Å². The van der Waals surface area contributed by atoms with Crippen molar-refractivity contribution in [1.29, 1.82) is 0 Å². The summed E-state index contributed by atoms with van der Waals surface area (Å²) in [4.78, 5) is 9.97. The lowest BCUT2D eigenvalue weighted by Crippen LogP contribution is -2.08. The average Bonchev–Trinajstić information content (AvgIpc) is 2.39. The van der Waals surface area contributed by atoms with Crippen LogP contribution < -0.4 is 0 Å². The molecule has 0 amide bonds. The van der Waals surface area contributed by atoms with Crippen molar-refractivity contribution in [3.05, 3.63) is 0 Å². The van der Waals surface area contributed by atoms with Crippen LogP contribution in [0.15, 0.2) is 0 Å². The summed E-state index contributed by atoms with van der Waals surface area (Å²) in [5.41, 5.74) is 0. The smallest absolute Gasteiger partial charge is 0.141 e. The van der Waals surface area contributed by atoms with Gasteiger partial charge in [-0.1, -0.05) is 6.42 Å². The van der Waals surface area contributed by atoms with Crippen LogP contribution in [-0.4, -0.2) is 11.2 Å². The maximum absolute atomic E-state index is 10.4. The maximum Gasteiger partial charge on any atom is 0.141 e. The van der Waals surface area contributed by atoms with Crippen LogP contribution in [0.2, 0.25) is 0 Å². The monoisotopic (exact) mass is 144 g/mol. The molecule has 1 nitrogen and oxygen atoms in total. The highest BCUT2D eigenvalue weighted by atomic mass is 35.5. The van der Waals surface area contributed by atoms with E-state index in [4.69, 9.17) is 11.6 Å². The first-order valence-electron chi connectivity index (χ1n) is 3.44. The highest BCUT2D eigenvalue weighted by Gasteiger charge is 2.65. The molecule has 0 radical (unpaired) electrons. The van der Waals surface area contributed by atoms with E-state index in [9.17, 15) is 4.79 Å². The average molecular weight is 145 g/mol. The Hall–Kier alpha value is -0.0400. The first-order valence-corrected chi connectivity index (χ1v) is 3.82. The third-order valence-electron chi connectivity index (χ3n) is 2.72. The summed E-state index contributed by atoms with van der Waals surface area (Å²) in [6.45, 7) is 0. The largest absolute Gasteiger partial charge is 0.301 e. The Morgan fingerprint density at radius 2 is 2.00 bits per heavy atom. The van der Waals surface area contributed by atoms with Crippen LogP contribution in [0.3, 0.4) is 0 Å². The van der Waals surface area contributed by atoms with Crippen molar-refractivity contribution in [2.45, 2.75) is 24.1 Å². The first kappa shape index (κ1) is 5.72. The molecule has 0 aromatic heterocycles. The van der Waals surface area contributed by atoms with E-state index >= 15 is 0 Å². The van der Waals surface area contributed by atoms with Crippen molar-refractivity contribution in [3.63, 3.8) is 0 Å². The second-order valence-electron chi connectivity index (χ2n) is 3.09. The molecule has 2 fully saturated rings. The lowest BCUT2D eigenvalue weighted by Gasteiger charge is -2.00. The van der Waals surface area contributed by atoms with Crippen molar-refractivity contribution in [1.82, 2.24) is 0 Å². The molecule has 9 heavy (non-hydrogen) atoms. The van der Waals surface area contributed by atoms with Crippen molar-refractivity contribution in [3.8, 4) is 0 Å². The molecule has 0 heterocycles. The third-order valence-corrected chi connectivity index (χ3v) is 3.37. The topological polar surface area (TPSA) is 17.1 Å². The molecule has 2 heteroatoms. The molecule has 0 N–H and O–H groups in total. The van der Waals surface area contributed by atoms with Gasteiger partial charge < -0.3 is 4.79 Å². The fourth-order valence-corrected chi connectivity index (χ4v) is 2.56. The number of halogens is 1. The van der Waals surface area contributed by atoms with E-state index in [0.717, 1.165) is 6.29 Å². The quantitative estimate of drug-likeness (QED) is 0.404. The summed E-state index contributed by atoms with van der Waals surface area (Å²) >= 11 is 5.93. The Kier molecular flexibility index (Phi) is 0.963. The van der Waals surface area contributed by atoms with Gasteiger partial charge in [0, 0.05) is 0 Å². The molecule has 0 saturated heterocycles. The van der Waals surface area contributed by atoms with Crippen molar-refractivity contribution in [2.75, 3.05) is 0 Å². The van der Waals surface area contributed by atoms with Gasteiger partial charge in [0.2, 0.25) is 0 Å². The van der Waals surface area contributed by atoms with Gasteiger partial charge in [0.05, 0.1) is 0 Å². The normalized spacial score (nSPS) is 54.8. The van der Waals surface area contributed by atoms with Gasteiger partial charge in [-0.25, -0.2) is 0 Å². The van der Waals surface area contributed by atoms with E-state index in [1.807, 2.05) is 0 Å². The fraction of sp³-hybridized carbons (Fsp3) is 0.857. The van der Waals surface area contributed by atoms with Gasteiger partial charge in [-0.3, -0.25) is 0 Å². The van der Waals surface area contributed by atoms with Crippen LogP contribution >= 0.6 is 11.6 Å². The standard InChI is InChI=1S/C7H9ClO/c8-7(4-9)5-2-1-3-6(5)7/h4-6H,1-3H2. The lowest BCUT2D eigenvalue weighted by molar-refractivity contribution is -0.108. The van der Waals surface area contributed by atoms with Crippen LogP contribution in [-0.2, 0) is 4.79 Å². The summed E-state index contributed by atoms with van der Waals surface area (Å²) < 4.78 is 0. The molecule has 0 aromatic carbocycles. The second kappa shape index (κ2) is 1.51. The molecule has 0 aliphatic heterocycles. The molecular weight excluding hydrogens is 136 g/mol. The fourth-order valence-electron chi connectivity index (χ4n) is 2.10. The minimum Gasteiger partial charge on any atom is -0.301 e. The highest BCUT2D eigenvalue weighted by molar-refractivity contribution is 6.34. The predicted octanol–water partition coefficient (Wildman–Crippen LogP) is 1.59. The number of hydrogen-bond acceptors (Lipinski definition) is 1.